The van der Waals surface area contributed by atoms with Gasteiger partial charge in [0.2, 0.25) is 6.41 Å². The van der Waals surface area contributed by atoms with E-state index in [-0.39, 0.29) is 5.41 Å². The molecule has 0 spiro atoms. The number of carbonyl (C=O) groups is 1. The van der Waals surface area contributed by atoms with E-state index in [1.807, 2.05) is 39.0 Å². The van der Waals surface area contributed by atoms with Crippen molar-refractivity contribution in [3.05, 3.63) is 54.6 Å². The molecule has 28 heavy (non-hydrogen) atoms. The molecule has 0 bridgehead atoms. The van der Waals surface area contributed by atoms with E-state index in [4.69, 9.17) is 4.52 Å². The molecule has 0 aliphatic rings. The molecule has 2 N–H and O–H groups in total. The summed E-state index contributed by atoms with van der Waals surface area (Å²) in [6.45, 7) is 6.06. The molecule has 3 heterocycles. The average Bonchev–Trinajstić information content (AvgIpc) is 3.32. The Morgan fingerprint density at radius 3 is 2.82 bits per heavy atom. The van der Waals surface area contributed by atoms with E-state index in [1.165, 1.54) is 4.90 Å². The minimum absolute atomic E-state index is 0.213. The minimum atomic E-state index is -0.213. The van der Waals surface area contributed by atoms with Crippen molar-refractivity contribution < 1.29 is 9.32 Å². The predicted molar refractivity (Wildman–Crippen MR) is 107 cm³/mol. The van der Waals surface area contributed by atoms with Crippen molar-refractivity contribution in [2.24, 2.45) is 0 Å². The van der Waals surface area contributed by atoms with Crippen LogP contribution in [-0.2, 0) is 10.2 Å². The van der Waals surface area contributed by atoms with Gasteiger partial charge in [-0.05, 0) is 30.3 Å². The van der Waals surface area contributed by atoms with Crippen LogP contribution < -0.4 is 10.2 Å². The van der Waals surface area contributed by atoms with Crippen molar-refractivity contribution >= 4 is 40.3 Å². The molecule has 0 unspecified atom stereocenters. The van der Waals surface area contributed by atoms with Crippen molar-refractivity contribution in [1.82, 2.24) is 20.3 Å². The lowest BCUT2D eigenvalue weighted by Crippen LogP contribution is -2.16. The lowest BCUT2D eigenvalue weighted by molar-refractivity contribution is -0.106. The van der Waals surface area contributed by atoms with Gasteiger partial charge in [0.15, 0.2) is 11.6 Å². The van der Waals surface area contributed by atoms with Gasteiger partial charge in [-0.3, -0.25) is 14.8 Å². The lowest BCUT2D eigenvalue weighted by atomic mass is 9.93. The Morgan fingerprint density at radius 2 is 2.07 bits per heavy atom. The largest absolute Gasteiger partial charge is 0.359 e. The van der Waals surface area contributed by atoms with E-state index in [2.05, 4.69) is 25.7 Å². The van der Waals surface area contributed by atoms with Gasteiger partial charge in [0.25, 0.3) is 0 Å². The molecule has 142 valence electrons. The van der Waals surface area contributed by atoms with Crippen molar-refractivity contribution in [2.75, 3.05) is 10.2 Å². The van der Waals surface area contributed by atoms with Crippen LogP contribution in [0.1, 0.15) is 26.5 Å². The molecule has 0 saturated carbocycles. The van der Waals surface area contributed by atoms with Crippen LogP contribution in [0.3, 0.4) is 0 Å². The number of nitrogens with one attached hydrogen (secondary N) is 2. The van der Waals surface area contributed by atoms with Gasteiger partial charge in [0.05, 0.1) is 17.4 Å². The molecule has 4 rings (SSSR count). The Morgan fingerprint density at radius 1 is 1.21 bits per heavy atom. The molecule has 0 atom stereocenters. The Kier molecular flexibility index (Phi) is 4.31. The highest BCUT2D eigenvalue weighted by atomic mass is 16.5. The maximum atomic E-state index is 11.9. The number of aromatic nitrogens is 4. The standard InChI is InChI=1S/C20H20N6O2/c1-20(2,3)17-10-18(25-28-17)26(12-27)16-5-4-8-21-19(16)23-14-7-6-13-11-22-24-15(13)9-14/h4-12H,1-3H3,(H,21,23)(H,22,24). The normalized spacial score (nSPS) is 11.5. The Hall–Kier alpha value is -3.68. The molecular formula is C20H20N6O2. The summed E-state index contributed by atoms with van der Waals surface area (Å²) in [6.07, 6.45) is 4.12. The summed E-state index contributed by atoms with van der Waals surface area (Å²) in [6, 6.07) is 11.1. The zero-order valence-electron chi connectivity index (χ0n) is 15.8. The number of hydrogen-bond donors (Lipinski definition) is 2. The van der Waals surface area contributed by atoms with E-state index in [9.17, 15) is 4.79 Å². The molecule has 0 fully saturated rings. The second kappa shape index (κ2) is 6.80. The van der Waals surface area contributed by atoms with Gasteiger partial charge in [-0.25, -0.2) is 4.98 Å². The fourth-order valence-electron chi connectivity index (χ4n) is 2.81. The Labute approximate surface area is 161 Å². The molecule has 3 aromatic heterocycles. The summed E-state index contributed by atoms with van der Waals surface area (Å²) >= 11 is 0. The van der Waals surface area contributed by atoms with E-state index in [0.717, 1.165) is 16.6 Å². The number of amides is 1. The fraction of sp³-hybridized carbons (Fsp3) is 0.200. The summed E-state index contributed by atoms with van der Waals surface area (Å²) < 4.78 is 5.43. The SMILES string of the molecule is CC(C)(C)c1cc(N(C=O)c2cccnc2Nc2ccc3cn[nH]c3c2)no1. The molecule has 1 aromatic carbocycles. The van der Waals surface area contributed by atoms with Crippen LogP contribution in [0, 0.1) is 0 Å². The van der Waals surface area contributed by atoms with Crippen molar-refractivity contribution in [3.63, 3.8) is 0 Å². The Bertz CT molecular complexity index is 1120. The maximum Gasteiger partial charge on any atom is 0.220 e. The monoisotopic (exact) mass is 376 g/mol. The summed E-state index contributed by atoms with van der Waals surface area (Å²) in [5.41, 5.74) is 2.07. The number of hydrogen-bond acceptors (Lipinski definition) is 6. The molecule has 8 heteroatoms. The number of rotatable bonds is 5. The summed E-state index contributed by atoms with van der Waals surface area (Å²) in [7, 11) is 0. The number of fused-ring (bicyclic) bond motifs is 1. The molecule has 8 nitrogen and oxygen atoms in total. The average molecular weight is 376 g/mol. The van der Waals surface area contributed by atoms with Crippen LogP contribution in [-0.4, -0.2) is 26.7 Å². The zero-order valence-corrected chi connectivity index (χ0v) is 15.8. The molecule has 0 radical (unpaired) electrons. The Balaban J connectivity index is 1.69. The van der Waals surface area contributed by atoms with Crippen LogP contribution in [0.25, 0.3) is 10.9 Å². The smallest absolute Gasteiger partial charge is 0.220 e. The number of anilines is 4. The summed E-state index contributed by atoms with van der Waals surface area (Å²) in [4.78, 5) is 17.7. The predicted octanol–water partition coefficient (Wildman–Crippen LogP) is 4.28. The van der Waals surface area contributed by atoms with Crippen LogP contribution in [0.15, 0.2) is 53.3 Å². The van der Waals surface area contributed by atoms with Crippen LogP contribution in [0.4, 0.5) is 23.0 Å². The van der Waals surface area contributed by atoms with Crippen molar-refractivity contribution in [3.8, 4) is 0 Å². The first-order valence-electron chi connectivity index (χ1n) is 8.82. The quantitative estimate of drug-likeness (QED) is 0.504. The second-order valence-electron chi connectivity index (χ2n) is 7.44. The molecule has 4 aromatic rings. The minimum Gasteiger partial charge on any atom is -0.359 e. The van der Waals surface area contributed by atoms with Crippen LogP contribution >= 0.6 is 0 Å². The summed E-state index contributed by atoms with van der Waals surface area (Å²) in [5, 5.41) is 15.3. The first-order valence-corrected chi connectivity index (χ1v) is 8.82. The van der Waals surface area contributed by atoms with Gasteiger partial charge in [-0.2, -0.15) is 5.10 Å². The molecule has 0 saturated heterocycles. The third kappa shape index (κ3) is 3.32. The van der Waals surface area contributed by atoms with Gasteiger partial charge in [0.1, 0.15) is 5.76 Å². The van der Waals surface area contributed by atoms with Gasteiger partial charge in [0, 0.05) is 28.8 Å². The van der Waals surface area contributed by atoms with Gasteiger partial charge >= 0.3 is 0 Å². The van der Waals surface area contributed by atoms with Crippen molar-refractivity contribution in [1.29, 1.82) is 0 Å². The topological polar surface area (TPSA) is 99.9 Å². The van der Waals surface area contributed by atoms with E-state index < -0.39 is 0 Å². The highest BCUT2D eigenvalue weighted by molar-refractivity contribution is 5.91. The number of nitrogens with zero attached hydrogens (tertiary/aromatic N) is 4. The third-order valence-electron chi connectivity index (χ3n) is 4.34. The second-order valence-corrected chi connectivity index (χ2v) is 7.44. The lowest BCUT2D eigenvalue weighted by Gasteiger charge is -2.18. The molecule has 0 aliphatic heterocycles. The summed E-state index contributed by atoms with van der Waals surface area (Å²) in [5.74, 6) is 1.62. The maximum absolute atomic E-state index is 11.9. The van der Waals surface area contributed by atoms with Crippen LogP contribution in [0.5, 0.6) is 0 Å². The molecular weight excluding hydrogens is 356 g/mol. The highest BCUT2D eigenvalue weighted by Crippen LogP contribution is 2.33. The fourth-order valence-corrected chi connectivity index (χ4v) is 2.81. The van der Waals surface area contributed by atoms with E-state index >= 15 is 0 Å². The molecule has 0 aliphatic carbocycles. The van der Waals surface area contributed by atoms with E-state index in [0.29, 0.717) is 29.5 Å². The first kappa shape index (κ1) is 17.7. The first-order chi connectivity index (χ1) is 13.5. The number of aromatic amines is 1. The van der Waals surface area contributed by atoms with E-state index in [1.54, 1.807) is 30.6 Å². The highest BCUT2D eigenvalue weighted by Gasteiger charge is 2.23. The molecule has 1 amide bonds. The van der Waals surface area contributed by atoms with Gasteiger partial charge in [-0.1, -0.05) is 25.9 Å². The third-order valence-corrected chi connectivity index (χ3v) is 4.34. The number of benzene rings is 1. The van der Waals surface area contributed by atoms with Gasteiger partial charge < -0.3 is 9.84 Å². The zero-order chi connectivity index (χ0) is 19.7. The van der Waals surface area contributed by atoms with Gasteiger partial charge in [-0.15, -0.1) is 0 Å². The van der Waals surface area contributed by atoms with Crippen LogP contribution in [0.2, 0.25) is 0 Å². The number of pyridine rings is 1. The van der Waals surface area contributed by atoms with Crippen molar-refractivity contribution in [2.45, 2.75) is 26.2 Å². The number of carbonyl (C=O) groups excluding carboxylic acids is 1. The number of H-pyrrole nitrogens is 1.